The van der Waals surface area contributed by atoms with Gasteiger partial charge in [-0.15, -0.1) is 0 Å². The van der Waals surface area contributed by atoms with Crippen molar-refractivity contribution in [2.24, 2.45) is 0 Å². The second kappa shape index (κ2) is 9.94. The average Bonchev–Trinajstić information content (AvgIpc) is 3.12. The Morgan fingerprint density at radius 2 is 1.90 bits per heavy atom. The number of cyclic esters (lactones) is 1. The van der Waals surface area contributed by atoms with Crippen LogP contribution in [0, 0.1) is 11.6 Å². The van der Waals surface area contributed by atoms with E-state index in [1.807, 2.05) is 0 Å². The highest BCUT2D eigenvalue weighted by Gasteiger charge is 2.34. The van der Waals surface area contributed by atoms with Crippen LogP contribution in [-0.2, 0) is 14.2 Å². The predicted molar refractivity (Wildman–Crippen MR) is 112 cm³/mol. The molecule has 1 atom stereocenters. The Morgan fingerprint density at radius 3 is 2.48 bits per heavy atom. The van der Waals surface area contributed by atoms with Crippen LogP contribution in [0.2, 0.25) is 0 Å². The van der Waals surface area contributed by atoms with Crippen LogP contribution < -0.4 is 15.1 Å². The van der Waals surface area contributed by atoms with Gasteiger partial charge in [0.25, 0.3) is 5.17 Å². The minimum Gasteiger partial charge on any atom is -0.474 e. The Morgan fingerprint density at radius 1 is 1.26 bits per heavy atom. The predicted octanol–water partition coefficient (Wildman–Crippen LogP) is 2.09. The number of carbonyl (C=O) groups excluding carboxylic acids is 2. The van der Waals surface area contributed by atoms with Crippen molar-refractivity contribution in [3.63, 3.8) is 0 Å². The van der Waals surface area contributed by atoms with Gasteiger partial charge in [0.15, 0.2) is 11.6 Å². The molecule has 0 aliphatic carbocycles. The number of halogens is 2. The topological polar surface area (TPSA) is 83.6 Å². The molecule has 2 aliphatic heterocycles. The molecule has 9 nitrogen and oxygen atoms in total. The van der Waals surface area contributed by atoms with Gasteiger partial charge in [0.2, 0.25) is 0 Å². The van der Waals surface area contributed by atoms with Crippen molar-refractivity contribution < 1.29 is 32.6 Å². The number of amides is 2. The minimum atomic E-state index is -0.797. The van der Waals surface area contributed by atoms with Gasteiger partial charge in [0.1, 0.15) is 11.8 Å². The number of ether oxygens (including phenoxy) is 3. The molecule has 3 rings (SSSR count). The molecule has 2 saturated heterocycles. The molecule has 1 N–H and O–H groups in total. The number of benzene rings is 1. The van der Waals surface area contributed by atoms with Crippen LogP contribution >= 0.6 is 12.2 Å². The molecular weight excluding hydrogens is 434 g/mol. The number of piperazine rings is 1. The number of carbonyl (C=O) groups is 2. The van der Waals surface area contributed by atoms with Crippen LogP contribution in [0.4, 0.5) is 29.7 Å². The zero-order chi connectivity index (χ0) is 22.5. The molecular formula is C19H24F2N4O5S. The number of nitrogens with zero attached hydrogens (tertiary/aromatic N) is 3. The van der Waals surface area contributed by atoms with Crippen LogP contribution in [0.3, 0.4) is 0 Å². The Kier molecular flexibility index (Phi) is 7.31. The molecule has 0 spiro atoms. The van der Waals surface area contributed by atoms with E-state index < -0.39 is 29.9 Å². The fraction of sp³-hybridized carbons (Fsp3) is 0.526. The molecule has 31 heavy (non-hydrogen) atoms. The highest BCUT2D eigenvalue weighted by molar-refractivity contribution is 7.80. The Balaban J connectivity index is 1.66. The van der Waals surface area contributed by atoms with E-state index in [1.54, 1.807) is 6.92 Å². The monoisotopic (exact) mass is 458 g/mol. The zero-order valence-corrected chi connectivity index (χ0v) is 18.0. The van der Waals surface area contributed by atoms with Crippen LogP contribution in [0.5, 0.6) is 0 Å². The van der Waals surface area contributed by atoms with Gasteiger partial charge in [-0.1, -0.05) is 0 Å². The van der Waals surface area contributed by atoms with E-state index in [0.717, 1.165) is 17.0 Å². The Labute approximate surface area is 183 Å². The van der Waals surface area contributed by atoms with Gasteiger partial charge < -0.3 is 29.3 Å². The van der Waals surface area contributed by atoms with Crippen molar-refractivity contribution in [3.05, 3.63) is 23.8 Å². The number of thiocarbonyl (C=S) groups is 1. The zero-order valence-electron chi connectivity index (χ0n) is 17.2. The largest absolute Gasteiger partial charge is 0.474 e. The molecule has 12 heteroatoms. The molecule has 1 unspecified atom stereocenters. The highest BCUT2D eigenvalue weighted by Crippen LogP contribution is 2.31. The first kappa shape index (κ1) is 22.8. The molecule has 0 saturated carbocycles. The maximum Gasteiger partial charge on any atom is 0.414 e. The van der Waals surface area contributed by atoms with Crippen molar-refractivity contribution in [2.45, 2.75) is 13.0 Å². The van der Waals surface area contributed by atoms with E-state index in [9.17, 15) is 18.4 Å². The fourth-order valence-electron chi connectivity index (χ4n) is 3.45. The summed E-state index contributed by atoms with van der Waals surface area (Å²) in [5, 5.41) is 2.93. The summed E-state index contributed by atoms with van der Waals surface area (Å²) < 4.78 is 44.7. The van der Waals surface area contributed by atoms with Gasteiger partial charge in [0.05, 0.1) is 32.5 Å². The summed E-state index contributed by atoms with van der Waals surface area (Å²) >= 11 is 4.87. The summed E-state index contributed by atoms with van der Waals surface area (Å²) in [4.78, 5) is 28.2. The fourth-order valence-corrected chi connectivity index (χ4v) is 3.53. The first-order chi connectivity index (χ1) is 14.8. The van der Waals surface area contributed by atoms with Crippen molar-refractivity contribution in [3.8, 4) is 0 Å². The molecule has 0 aromatic heterocycles. The molecule has 2 heterocycles. The summed E-state index contributed by atoms with van der Waals surface area (Å²) in [5.41, 5.74) is -0.130. The first-order valence-corrected chi connectivity index (χ1v) is 10.2. The number of hydrogen-bond acceptors (Lipinski definition) is 7. The van der Waals surface area contributed by atoms with Crippen LogP contribution in [0.25, 0.3) is 0 Å². The smallest absolute Gasteiger partial charge is 0.414 e. The van der Waals surface area contributed by atoms with Gasteiger partial charge in [-0.2, -0.15) is 0 Å². The lowest BCUT2D eigenvalue weighted by Gasteiger charge is -2.35. The van der Waals surface area contributed by atoms with Gasteiger partial charge in [-0.25, -0.2) is 18.4 Å². The SMILES string of the molecule is CCOC(=O)N1CCN(c2c(F)cc(N3CC(CNC(=S)OC)OC3=O)cc2F)CC1. The quantitative estimate of drug-likeness (QED) is 0.672. The summed E-state index contributed by atoms with van der Waals surface area (Å²) in [6, 6.07) is 2.21. The van der Waals surface area contributed by atoms with Crippen LogP contribution in [-0.4, -0.2) is 81.4 Å². The van der Waals surface area contributed by atoms with E-state index in [4.69, 9.17) is 26.4 Å². The summed E-state index contributed by atoms with van der Waals surface area (Å²) in [5.74, 6) is -1.59. The average molecular weight is 458 g/mol. The molecule has 2 fully saturated rings. The molecule has 2 aliphatic rings. The highest BCUT2D eigenvalue weighted by atomic mass is 32.1. The second-order valence-corrected chi connectivity index (χ2v) is 7.29. The lowest BCUT2D eigenvalue weighted by Crippen LogP contribution is -2.49. The van der Waals surface area contributed by atoms with Crippen molar-refractivity contribution in [1.29, 1.82) is 0 Å². The van der Waals surface area contributed by atoms with E-state index in [2.05, 4.69) is 5.32 Å². The number of rotatable bonds is 5. The maximum atomic E-state index is 14.8. The van der Waals surface area contributed by atoms with E-state index in [-0.39, 0.29) is 62.4 Å². The third kappa shape index (κ3) is 5.24. The standard InChI is InChI=1S/C19H24F2N4O5S/c1-3-29-18(26)24-6-4-23(5-7-24)16-14(20)8-12(9-15(16)21)25-11-13(30-19(25)27)10-22-17(31)28-2/h8-9,13H,3-7,10-11H2,1-2H3,(H,22,31). The third-order valence-corrected chi connectivity index (χ3v) is 5.28. The number of nitrogens with one attached hydrogen (secondary N) is 1. The Hall–Kier alpha value is -2.89. The normalized spacial score (nSPS) is 18.6. The second-order valence-electron chi connectivity index (χ2n) is 6.92. The minimum absolute atomic E-state index is 0.0609. The lowest BCUT2D eigenvalue weighted by atomic mass is 10.2. The van der Waals surface area contributed by atoms with Gasteiger partial charge in [-0.05, 0) is 19.1 Å². The van der Waals surface area contributed by atoms with Gasteiger partial charge in [-0.3, -0.25) is 4.90 Å². The van der Waals surface area contributed by atoms with Crippen molar-refractivity contribution in [1.82, 2.24) is 10.2 Å². The molecule has 1 aromatic rings. The summed E-state index contributed by atoms with van der Waals surface area (Å²) in [7, 11) is 1.41. The maximum absolute atomic E-state index is 14.8. The first-order valence-electron chi connectivity index (χ1n) is 9.79. The van der Waals surface area contributed by atoms with E-state index in [1.165, 1.54) is 16.9 Å². The van der Waals surface area contributed by atoms with Gasteiger partial charge >= 0.3 is 12.2 Å². The molecule has 2 amide bonds. The van der Waals surface area contributed by atoms with Crippen molar-refractivity contribution >= 4 is 41.0 Å². The molecule has 1 aromatic carbocycles. The summed E-state index contributed by atoms with van der Waals surface area (Å²) in [6.07, 6.45) is -1.70. The van der Waals surface area contributed by atoms with Gasteiger partial charge in [0, 0.05) is 38.3 Å². The van der Waals surface area contributed by atoms with Crippen LogP contribution in [0.1, 0.15) is 6.92 Å². The molecule has 170 valence electrons. The number of hydrogen-bond donors (Lipinski definition) is 1. The third-order valence-electron chi connectivity index (χ3n) is 4.97. The lowest BCUT2D eigenvalue weighted by molar-refractivity contribution is 0.105. The Bertz CT molecular complexity index is 828. The molecule has 0 radical (unpaired) electrons. The number of anilines is 2. The van der Waals surface area contributed by atoms with E-state index in [0.29, 0.717) is 0 Å². The summed E-state index contributed by atoms with van der Waals surface area (Å²) in [6.45, 7) is 3.38. The molecule has 0 bridgehead atoms. The number of methoxy groups -OCH3 is 1. The van der Waals surface area contributed by atoms with Crippen LogP contribution in [0.15, 0.2) is 12.1 Å². The van der Waals surface area contributed by atoms with E-state index >= 15 is 0 Å². The van der Waals surface area contributed by atoms with Crippen molar-refractivity contribution in [2.75, 3.05) is 62.8 Å².